The van der Waals surface area contributed by atoms with Gasteiger partial charge in [-0.1, -0.05) is 0 Å². The van der Waals surface area contributed by atoms with Crippen molar-refractivity contribution in [2.75, 3.05) is 27.2 Å². The summed E-state index contributed by atoms with van der Waals surface area (Å²) in [6.07, 6.45) is -5.99. The van der Waals surface area contributed by atoms with Crippen molar-refractivity contribution in [1.29, 1.82) is 0 Å². The zero-order valence-corrected chi connectivity index (χ0v) is 17.8. The fourth-order valence-corrected chi connectivity index (χ4v) is 3.30. The van der Waals surface area contributed by atoms with E-state index in [0.29, 0.717) is 0 Å². The maximum Gasteiger partial charge on any atom is 0.471 e. The molecule has 1 aliphatic heterocycles. The van der Waals surface area contributed by atoms with Crippen LogP contribution in [0.1, 0.15) is 24.8 Å². The molecule has 1 saturated heterocycles. The Kier molecular flexibility index (Phi) is 7.34. The van der Waals surface area contributed by atoms with Crippen LogP contribution in [0.25, 0.3) is 11.0 Å². The molecule has 0 aromatic carbocycles. The molecule has 182 valence electrons. The minimum Gasteiger partial charge on any atom is -0.394 e. The Balaban J connectivity index is 1.91. The van der Waals surface area contributed by atoms with Crippen molar-refractivity contribution in [3.05, 3.63) is 16.0 Å². The number of hydrogen-bond donors (Lipinski definition) is 4. The van der Waals surface area contributed by atoms with E-state index in [9.17, 15) is 33.0 Å². The predicted octanol–water partition coefficient (Wildman–Crippen LogP) is -0.407. The van der Waals surface area contributed by atoms with E-state index >= 15 is 0 Å². The van der Waals surface area contributed by atoms with Gasteiger partial charge in [0, 0.05) is 27.1 Å². The number of hydrogen-bond acceptors (Lipinski definition) is 8. The number of aromatic amines is 1. The van der Waals surface area contributed by atoms with Gasteiger partial charge in [0.25, 0.3) is 5.56 Å². The number of aryl methyl sites for hydroxylation is 1. The highest BCUT2D eigenvalue weighted by Crippen LogP contribution is 2.31. The van der Waals surface area contributed by atoms with E-state index in [1.807, 2.05) is 0 Å². The Morgan fingerprint density at radius 3 is 2.79 bits per heavy atom. The van der Waals surface area contributed by atoms with Crippen LogP contribution >= 0.6 is 0 Å². The number of carbonyl (C=O) groups excluding carboxylic acids is 1. The number of aliphatic hydroxyl groups excluding tert-OH is 2. The molecule has 0 spiro atoms. The number of alkyl halides is 3. The molecule has 1 aliphatic rings. The maximum absolute atomic E-state index is 12.8. The molecular formula is C18H24F3N7O5. The molecular weight excluding hydrogens is 451 g/mol. The highest BCUT2D eigenvalue weighted by atomic mass is 19.4. The van der Waals surface area contributed by atoms with Crippen molar-refractivity contribution < 1.29 is 32.9 Å². The fourth-order valence-electron chi connectivity index (χ4n) is 3.30. The van der Waals surface area contributed by atoms with E-state index in [2.05, 4.69) is 20.1 Å². The highest BCUT2D eigenvalue weighted by molar-refractivity contribution is 5.81. The molecule has 4 N–H and O–H groups in total. The molecule has 1 fully saturated rings. The zero-order valence-electron chi connectivity index (χ0n) is 17.8. The molecule has 3 rings (SSSR count). The second-order valence-corrected chi connectivity index (χ2v) is 7.66. The first kappa shape index (κ1) is 24.6. The van der Waals surface area contributed by atoms with Crippen LogP contribution < -0.4 is 10.9 Å². The van der Waals surface area contributed by atoms with Crippen LogP contribution in [0, 0.1) is 0 Å². The summed E-state index contributed by atoms with van der Waals surface area (Å²) in [5, 5.41) is 25.6. The molecule has 1 amide bonds. The van der Waals surface area contributed by atoms with Crippen LogP contribution in [-0.2, 0) is 16.0 Å². The zero-order chi connectivity index (χ0) is 24.3. The minimum absolute atomic E-state index is 0.0106. The largest absolute Gasteiger partial charge is 0.471 e. The number of H-pyrrole nitrogens is 1. The number of carbonyl (C=O) groups is 1. The van der Waals surface area contributed by atoms with Gasteiger partial charge in [-0.15, -0.1) is 0 Å². The Labute approximate surface area is 185 Å². The van der Waals surface area contributed by atoms with Crippen molar-refractivity contribution in [2.45, 2.75) is 43.9 Å². The van der Waals surface area contributed by atoms with Gasteiger partial charge < -0.3 is 25.2 Å². The van der Waals surface area contributed by atoms with Gasteiger partial charge in [-0.25, -0.2) is 9.67 Å². The molecule has 0 unspecified atom stereocenters. The first-order valence-electron chi connectivity index (χ1n) is 10.0. The molecule has 12 nitrogen and oxygen atoms in total. The number of rotatable bonds is 8. The van der Waals surface area contributed by atoms with Crippen molar-refractivity contribution in [3.63, 3.8) is 0 Å². The van der Waals surface area contributed by atoms with Gasteiger partial charge in [0.2, 0.25) is 5.95 Å². The lowest BCUT2D eigenvalue weighted by molar-refractivity contribution is -0.173. The number of fused-ring (bicyclic) bond motifs is 1. The minimum atomic E-state index is -4.98. The van der Waals surface area contributed by atoms with Gasteiger partial charge in [0.15, 0.2) is 11.9 Å². The molecule has 2 aromatic heterocycles. The van der Waals surface area contributed by atoms with E-state index in [4.69, 9.17) is 4.74 Å². The molecule has 3 heterocycles. The fraction of sp³-hybridized carbons (Fsp3) is 0.611. The number of ether oxygens (including phenoxy) is 1. The molecule has 3 atom stereocenters. The first-order chi connectivity index (χ1) is 15.5. The molecule has 0 aliphatic carbocycles. The van der Waals surface area contributed by atoms with Crippen LogP contribution in [0.5, 0.6) is 0 Å². The van der Waals surface area contributed by atoms with Crippen LogP contribution in [0.15, 0.2) is 9.79 Å². The summed E-state index contributed by atoms with van der Waals surface area (Å²) in [7, 11) is 3.45. The quantitative estimate of drug-likeness (QED) is 0.228. The molecule has 15 heteroatoms. The van der Waals surface area contributed by atoms with Gasteiger partial charge in [-0.05, 0) is 12.8 Å². The van der Waals surface area contributed by atoms with E-state index in [1.165, 1.54) is 11.0 Å². The third-order valence-electron chi connectivity index (χ3n) is 4.82. The summed E-state index contributed by atoms with van der Waals surface area (Å²) < 4.78 is 43.9. The maximum atomic E-state index is 12.8. The average Bonchev–Trinajstić information content (AvgIpc) is 3.29. The average molecular weight is 475 g/mol. The molecule has 0 radical (unpaired) electrons. The SMILES string of the molecule is CN(C)C=Nc1nc2c(c(CCCNC(=O)C(F)(F)F)nn2[C@H]2C[C@@H](O)[C@@H](CO)O2)c(=O)[nH]1. The normalized spacial score (nSPS) is 21.2. The molecule has 2 aromatic rings. The molecule has 0 bridgehead atoms. The third kappa shape index (κ3) is 5.66. The summed E-state index contributed by atoms with van der Waals surface area (Å²) in [5.41, 5.74) is -0.229. The summed E-state index contributed by atoms with van der Waals surface area (Å²) in [6, 6.07) is 0. The van der Waals surface area contributed by atoms with Crippen molar-refractivity contribution in [3.8, 4) is 0 Å². The van der Waals surface area contributed by atoms with E-state index in [0.717, 1.165) is 0 Å². The number of nitrogens with one attached hydrogen (secondary N) is 2. The highest BCUT2D eigenvalue weighted by Gasteiger charge is 2.38. The number of amides is 1. The topological polar surface area (TPSA) is 158 Å². The number of halogens is 3. The smallest absolute Gasteiger partial charge is 0.394 e. The second kappa shape index (κ2) is 9.84. The Morgan fingerprint density at radius 2 is 2.18 bits per heavy atom. The Hall–Kier alpha value is -3.04. The molecule has 0 saturated carbocycles. The van der Waals surface area contributed by atoms with E-state index < -0.39 is 42.7 Å². The van der Waals surface area contributed by atoms with Crippen LogP contribution in [0.2, 0.25) is 0 Å². The van der Waals surface area contributed by atoms with Crippen molar-refractivity contribution >= 4 is 29.2 Å². The third-order valence-corrected chi connectivity index (χ3v) is 4.82. The predicted molar refractivity (Wildman–Crippen MR) is 109 cm³/mol. The van der Waals surface area contributed by atoms with Crippen molar-refractivity contribution in [2.24, 2.45) is 4.99 Å². The van der Waals surface area contributed by atoms with Crippen molar-refractivity contribution in [1.82, 2.24) is 30.0 Å². The van der Waals surface area contributed by atoms with Crippen LogP contribution in [0.3, 0.4) is 0 Å². The second-order valence-electron chi connectivity index (χ2n) is 7.66. The lowest BCUT2D eigenvalue weighted by Gasteiger charge is -2.13. The Morgan fingerprint density at radius 1 is 1.45 bits per heavy atom. The van der Waals surface area contributed by atoms with Gasteiger partial charge in [0.1, 0.15) is 11.5 Å². The van der Waals surface area contributed by atoms with Gasteiger partial charge >= 0.3 is 12.1 Å². The first-order valence-corrected chi connectivity index (χ1v) is 10.0. The van der Waals surface area contributed by atoms with Gasteiger partial charge in [-0.2, -0.15) is 23.3 Å². The van der Waals surface area contributed by atoms with Gasteiger partial charge in [-0.3, -0.25) is 14.6 Å². The van der Waals surface area contributed by atoms with E-state index in [-0.39, 0.29) is 48.5 Å². The van der Waals surface area contributed by atoms with E-state index in [1.54, 1.807) is 24.3 Å². The number of aromatic nitrogens is 4. The van der Waals surface area contributed by atoms with Crippen LogP contribution in [-0.4, -0.2) is 92.7 Å². The lowest BCUT2D eigenvalue weighted by atomic mass is 10.2. The lowest BCUT2D eigenvalue weighted by Crippen LogP contribution is -2.37. The standard InChI is InChI=1S/C18H24F3N7O5/c1-27(2)8-23-17-24-14-13(15(31)25-17)9(4-3-5-22-16(32)18(19,20)21)26-28(14)12-6-10(30)11(7-29)33-12/h8,10-12,29-30H,3-7H2,1-2H3,(H,22,32)(H,24,25,31)/t10-,11-,12-/m1/s1. The summed E-state index contributed by atoms with van der Waals surface area (Å²) >= 11 is 0. The summed E-state index contributed by atoms with van der Waals surface area (Å²) in [5.74, 6) is -2.06. The van der Waals surface area contributed by atoms with Gasteiger partial charge in [0.05, 0.1) is 24.7 Å². The monoisotopic (exact) mass is 475 g/mol. The molecule has 33 heavy (non-hydrogen) atoms. The number of nitrogens with zero attached hydrogens (tertiary/aromatic N) is 5. The summed E-state index contributed by atoms with van der Waals surface area (Å²) in [6.45, 7) is -0.705. The number of aliphatic imine (C=N–C) groups is 1. The van der Waals surface area contributed by atoms with Crippen LogP contribution in [0.4, 0.5) is 19.1 Å². The Bertz CT molecular complexity index is 1080. The number of aliphatic hydroxyl groups is 2. The summed E-state index contributed by atoms with van der Waals surface area (Å²) in [4.78, 5) is 36.2.